The molecular weight excluding hydrogens is 376 g/mol. The Morgan fingerprint density at radius 2 is 1.83 bits per heavy atom. The van der Waals surface area contributed by atoms with Gasteiger partial charge >= 0.3 is 0 Å². The van der Waals surface area contributed by atoms with Crippen molar-refractivity contribution >= 4 is 17.8 Å². The van der Waals surface area contributed by atoms with Crippen LogP contribution in [0, 0.1) is 5.92 Å². The van der Waals surface area contributed by atoms with E-state index in [-0.39, 0.29) is 18.4 Å². The van der Waals surface area contributed by atoms with E-state index in [1.807, 2.05) is 13.8 Å². The maximum Gasteiger partial charge on any atom is 0.256 e. The molecule has 0 radical (unpaired) electrons. The highest BCUT2D eigenvalue weighted by Gasteiger charge is 2.52. The standard InChI is InChI=1S/C21H28N2O6/c1-14(2)12-18(24)22-10-8-21(9-11-22)23(17(13-29-21)20(26)27)19(25)15-4-6-16(28-3)7-5-15/h4-7,14,17H,8-13H2,1-3H3,(H,26,27)/p-1/t17-/m0/s1. The van der Waals surface area contributed by atoms with Gasteiger partial charge < -0.3 is 24.3 Å². The van der Waals surface area contributed by atoms with Gasteiger partial charge in [-0.2, -0.15) is 0 Å². The second kappa shape index (κ2) is 8.41. The van der Waals surface area contributed by atoms with Crippen LogP contribution in [0.1, 0.15) is 43.5 Å². The number of hydrogen-bond donors (Lipinski definition) is 0. The maximum absolute atomic E-state index is 13.2. The van der Waals surface area contributed by atoms with E-state index in [1.165, 1.54) is 12.0 Å². The SMILES string of the molecule is COc1ccc(C(=O)N2[C@H](C(=O)[O-])COC23CCN(C(=O)CC(C)C)CC3)cc1. The number of amides is 2. The molecule has 1 aromatic carbocycles. The van der Waals surface area contributed by atoms with Gasteiger partial charge in [-0.15, -0.1) is 0 Å². The Morgan fingerprint density at radius 3 is 2.34 bits per heavy atom. The van der Waals surface area contributed by atoms with Crippen molar-refractivity contribution < 1.29 is 29.0 Å². The number of piperidine rings is 1. The van der Waals surface area contributed by atoms with E-state index in [0.29, 0.717) is 43.7 Å². The molecule has 0 unspecified atom stereocenters. The molecule has 2 aliphatic heterocycles. The van der Waals surface area contributed by atoms with Gasteiger partial charge in [-0.3, -0.25) is 14.5 Å². The van der Waals surface area contributed by atoms with Crippen molar-refractivity contribution in [2.75, 3.05) is 26.8 Å². The summed E-state index contributed by atoms with van der Waals surface area (Å²) in [6.07, 6.45) is 1.19. The van der Waals surface area contributed by atoms with Gasteiger partial charge in [-0.1, -0.05) is 13.8 Å². The summed E-state index contributed by atoms with van der Waals surface area (Å²) in [6.45, 7) is 4.69. The van der Waals surface area contributed by atoms with Crippen molar-refractivity contribution in [3.05, 3.63) is 29.8 Å². The zero-order valence-electron chi connectivity index (χ0n) is 17.1. The first-order valence-corrected chi connectivity index (χ1v) is 9.88. The monoisotopic (exact) mass is 403 g/mol. The van der Waals surface area contributed by atoms with Crippen molar-refractivity contribution in [3.63, 3.8) is 0 Å². The number of likely N-dealkylation sites (tertiary alicyclic amines) is 1. The number of carboxylic acid groups (broad SMARTS) is 1. The highest BCUT2D eigenvalue weighted by atomic mass is 16.5. The minimum Gasteiger partial charge on any atom is -0.548 e. The first kappa shape index (κ1) is 21.1. The minimum atomic E-state index is -1.35. The summed E-state index contributed by atoms with van der Waals surface area (Å²) in [5.74, 6) is -0.847. The molecule has 0 aliphatic carbocycles. The fourth-order valence-electron chi connectivity index (χ4n) is 4.00. The lowest BCUT2D eigenvalue weighted by molar-refractivity contribution is -0.310. The Balaban J connectivity index is 1.81. The molecule has 2 amide bonds. The Hall–Kier alpha value is -2.61. The number of methoxy groups -OCH3 is 1. The van der Waals surface area contributed by atoms with Crippen molar-refractivity contribution in [1.29, 1.82) is 0 Å². The summed E-state index contributed by atoms with van der Waals surface area (Å²) in [6, 6.07) is 5.33. The van der Waals surface area contributed by atoms with E-state index in [9.17, 15) is 19.5 Å². The van der Waals surface area contributed by atoms with Gasteiger partial charge in [0.2, 0.25) is 5.91 Å². The summed E-state index contributed by atoms with van der Waals surface area (Å²) in [7, 11) is 1.53. The van der Waals surface area contributed by atoms with E-state index in [1.54, 1.807) is 29.2 Å². The number of nitrogens with zero attached hydrogens (tertiary/aromatic N) is 2. The average Bonchev–Trinajstić information content (AvgIpc) is 3.06. The molecule has 0 aromatic heterocycles. The van der Waals surface area contributed by atoms with Crippen LogP contribution in [0.25, 0.3) is 0 Å². The lowest BCUT2D eigenvalue weighted by Crippen LogP contribution is -2.60. The largest absolute Gasteiger partial charge is 0.548 e. The van der Waals surface area contributed by atoms with Crippen LogP contribution in [0.2, 0.25) is 0 Å². The first-order chi connectivity index (χ1) is 13.8. The van der Waals surface area contributed by atoms with Gasteiger partial charge in [0.05, 0.1) is 25.7 Å². The summed E-state index contributed by atoms with van der Waals surface area (Å²) in [5, 5.41) is 11.7. The third kappa shape index (κ3) is 4.22. The Morgan fingerprint density at radius 1 is 1.21 bits per heavy atom. The second-order valence-electron chi connectivity index (χ2n) is 7.97. The molecule has 2 fully saturated rings. The van der Waals surface area contributed by atoms with E-state index in [0.717, 1.165) is 0 Å². The van der Waals surface area contributed by atoms with Crippen LogP contribution in [-0.2, 0) is 14.3 Å². The van der Waals surface area contributed by atoms with Crippen LogP contribution >= 0.6 is 0 Å². The Bertz CT molecular complexity index is 768. The number of hydrogen-bond acceptors (Lipinski definition) is 6. The number of benzene rings is 1. The number of aliphatic carboxylic acids is 1. The zero-order chi connectivity index (χ0) is 21.2. The summed E-state index contributed by atoms with van der Waals surface area (Å²) < 4.78 is 11.0. The molecule has 2 saturated heterocycles. The highest BCUT2D eigenvalue weighted by Crippen LogP contribution is 2.38. The molecule has 1 aromatic rings. The van der Waals surface area contributed by atoms with E-state index in [4.69, 9.17) is 9.47 Å². The smallest absolute Gasteiger partial charge is 0.256 e. The average molecular weight is 403 g/mol. The zero-order valence-corrected chi connectivity index (χ0v) is 17.1. The van der Waals surface area contributed by atoms with E-state index in [2.05, 4.69) is 0 Å². The number of rotatable bonds is 5. The third-order valence-corrected chi connectivity index (χ3v) is 5.57. The molecule has 0 saturated carbocycles. The number of carbonyl (C=O) groups is 3. The fourth-order valence-corrected chi connectivity index (χ4v) is 4.00. The summed E-state index contributed by atoms with van der Waals surface area (Å²) >= 11 is 0. The molecule has 0 N–H and O–H groups in total. The highest BCUT2D eigenvalue weighted by molar-refractivity contribution is 5.97. The van der Waals surface area contributed by atoms with Crippen LogP contribution < -0.4 is 9.84 Å². The minimum absolute atomic E-state index is 0.0670. The van der Waals surface area contributed by atoms with Gasteiger partial charge in [0.15, 0.2) is 0 Å². The van der Waals surface area contributed by atoms with Crippen molar-refractivity contribution in [3.8, 4) is 5.75 Å². The van der Waals surface area contributed by atoms with Crippen molar-refractivity contribution in [1.82, 2.24) is 9.80 Å². The molecule has 0 bridgehead atoms. The van der Waals surface area contributed by atoms with Gasteiger partial charge in [-0.25, -0.2) is 0 Å². The van der Waals surface area contributed by atoms with Gasteiger partial charge in [-0.05, 0) is 30.2 Å². The first-order valence-electron chi connectivity index (χ1n) is 9.88. The quantitative estimate of drug-likeness (QED) is 0.716. The van der Waals surface area contributed by atoms with Crippen LogP contribution in [0.5, 0.6) is 5.75 Å². The lowest BCUT2D eigenvalue weighted by atomic mass is 9.96. The van der Waals surface area contributed by atoms with Crippen molar-refractivity contribution in [2.45, 2.75) is 44.9 Å². The molecule has 2 aliphatic rings. The third-order valence-electron chi connectivity index (χ3n) is 5.57. The van der Waals surface area contributed by atoms with Crippen LogP contribution in [0.4, 0.5) is 0 Å². The number of carboxylic acids is 1. The predicted molar refractivity (Wildman–Crippen MR) is 102 cm³/mol. The van der Waals surface area contributed by atoms with Crippen LogP contribution in [0.15, 0.2) is 24.3 Å². The summed E-state index contributed by atoms with van der Waals surface area (Å²) in [5.41, 5.74) is -0.698. The molecule has 3 rings (SSSR count). The Labute approximate surface area is 170 Å². The van der Waals surface area contributed by atoms with Gasteiger partial charge in [0.1, 0.15) is 11.5 Å². The number of ether oxygens (including phenoxy) is 2. The number of carbonyl (C=O) groups excluding carboxylic acids is 3. The molecule has 158 valence electrons. The lowest BCUT2D eigenvalue weighted by Gasteiger charge is -2.45. The maximum atomic E-state index is 13.2. The predicted octanol–water partition coefficient (Wildman–Crippen LogP) is 0.651. The van der Waals surface area contributed by atoms with Gasteiger partial charge in [0, 0.05) is 37.9 Å². The fraction of sp³-hybridized carbons (Fsp3) is 0.571. The normalized spacial score (nSPS) is 20.9. The molecule has 8 heteroatoms. The molecule has 29 heavy (non-hydrogen) atoms. The molecule has 8 nitrogen and oxygen atoms in total. The second-order valence-corrected chi connectivity index (χ2v) is 7.97. The van der Waals surface area contributed by atoms with Crippen molar-refractivity contribution in [2.24, 2.45) is 5.92 Å². The summed E-state index contributed by atoms with van der Waals surface area (Å²) in [4.78, 5) is 40.4. The topological polar surface area (TPSA) is 99.2 Å². The van der Waals surface area contributed by atoms with Crippen LogP contribution in [-0.4, -0.2) is 66.2 Å². The Kier molecular flexibility index (Phi) is 6.12. The van der Waals surface area contributed by atoms with Gasteiger partial charge in [0.25, 0.3) is 5.91 Å². The van der Waals surface area contributed by atoms with E-state index < -0.39 is 23.6 Å². The molecule has 1 spiro atoms. The molecular formula is C21H27N2O6-. The van der Waals surface area contributed by atoms with E-state index >= 15 is 0 Å². The molecule has 1 atom stereocenters. The molecule has 2 heterocycles. The van der Waals surface area contributed by atoms with Crippen LogP contribution in [0.3, 0.4) is 0 Å².